The van der Waals surface area contributed by atoms with E-state index in [-0.39, 0.29) is 0 Å². The van der Waals surface area contributed by atoms with E-state index in [4.69, 9.17) is 0 Å². The van der Waals surface area contributed by atoms with E-state index in [0.29, 0.717) is 11.5 Å². The third kappa shape index (κ3) is 2.98. The van der Waals surface area contributed by atoms with Crippen molar-refractivity contribution in [1.82, 2.24) is 10.3 Å². The van der Waals surface area contributed by atoms with Crippen LogP contribution in [0.1, 0.15) is 30.3 Å². The SMILES string of the molecule is CNCc1sc(-c2ccc(F)c(F)c2)nc1C(C)C. The third-order valence-corrected chi connectivity index (χ3v) is 3.90. The van der Waals surface area contributed by atoms with Crippen LogP contribution in [0.15, 0.2) is 18.2 Å². The molecule has 0 amide bonds. The van der Waals surface area contributed by atoms with Gasteiger partial charge in [0.25, 0.3) is 0 Å². The predicted octanol–water partition coefficient (Wildman–Crippen LogP) is 3.93. The van der Waals surface area contributed by atoms with Gasteiger partial charge >= 0.3 is 0 Å². The van der Waals surface area contributed by atoms with Crippen LogP contribution in [0.3, 0.4) is 0 Å². The van der Waals surface area contributed by atoms with Crippen LogP contribution in [0, 0.1) is 11.6 Å². The van der Waals surface area contributed by atoms with Crippen molar-refractivity contribution in [3.63, 3.8) is 0 Å². The van der Waals surface area contributed by atoms with Gasteiger partial charge in [-0.05, 0) is 31.2 Å². The summed E-state index contributed by atoms with van der Waals surface area (Å²) in [5, 5.41) is 3.83. The van der Waals surface area contributed by atoms with Crippen molar-refractivity contribution in [2.24, 2.45) is 0 Å². The Balaban J connectivity index is 2.44. The summed E-state index contributed by atoms with van der Waals surface area (Å²) in [7, 11) is 1.88. The number of nitrogens with one attached hydrogen (secondary N) is 1. The van der Waals surface area contributed by atoms with Crippen LogP contribution in [0.4, 0.5) is 8.78 Å². The maximum Gasteiger partial charge on any atom is 0.159 e. The molecular formula is C14H16F2N2S. The van der Waals surface area contributed by atoms with Gasteiger partial charge in [0.15, 0.2) is 11.6 Å². The van der Waals surface area contributed by atoms with Crippen LogP contribution in [0.5, 0.6) is 0 Å². The summed E-state index contributed by atoms with van der Waals surface area (Å²) in [6, 6.07) is 3.89. The van der Waals surface area contributed by atoms with Gasteiger partial charge in [0, 0.05) is 17.0 Å². The maximum atomic E-state index is 13.3. The Hall–Kier alpha value is -1.33. The van der Waals surface area contributed by atoms with Crippen LogP contribution in [-0.2, 0) is 6.54 Å². The lowest BCUT2D eigenvalue weighted by Crippen LogP contribution is -2.06. The smallest absolute Gasteiger partial charge is 0.159 e. The molecule has 0 saturated carbocycles. The van der Waals surface area contributed by atoms with Crippen LogP contribution < -0.4 is 5.32 Å². The summed E-state index contributed by atoms with van der Waals surface area (Å²) in [4.78, 5) is 5.70. The van der Waals surface area contributed by atoms with Crippen molar-refractivity contribution < 1.29 is 8.78 Å². The largest absolute Gasteiger partial charge is 0.315 e. The Morgan fingerprint density at radius 1 is 1.26 bits per heavy atom. The molecule has 0 bridgehead atoms. The van der Waals surface area contributed by atoms with E-state index in [1.54, 1.807) is 6.07 Å². The van der Waals surface area contributed by atoms with Gasteiger partial charge in [0.05, 0.1) is 5.69 Å². The van der Waals surface area contributed by atoms with Crippen LogP contribution in [0.25, 0.3) is 10.6 Å². The normalized spacial score (nSPS) is 11.3. The quantitative estimate of drug-likeness (QED) is 0.919. The van der Waals surface area contributed by atoms with Gasteiger partial charge in [0.2, 0.25) is 0 Å². The fourth-order valence-corrected chi connectivity index (χ4v) is 3.08. The van der Waals surface area contributed by atoms with Gasteiger partial charge in [0.1, 0.15) is 5.01 Å². The molecule has 1 aromatic carbocycles. The topological polar surface area (TPSA) is 24.9 Å². The molecule has 1 N–H and O–H groups in total. The van der Waals surface area contributed by atoms with Crippen LogP contribution in [-0.4, -0.2) is 12.0 Å². The molecule has 102 valence electrons. The number of halogens is 2. The minimum Gasteiger partial charge on any atom is -0.315 e. The third-order valence-electron chi connectivity index (χ3n) is 2.78. The summed E-state index contributed by atoms with van der Waals surface area (Å²) in [5.74, 6) is -1.37. The first-order valence-corrected chi connectivity index (χ1v) is 6.94. The van der Waals surface area contributed by atoms with Gasteiger partial charge in [-0.25, -0.2) is 13.8 Å². The first-order chi connectivity index (χ1) is 9.02. The number of rotatable bonds is 4. The van der Waals surface area contributed by atoms with Crippen molar-refractivity contribution >= 4 is 11.3 Å². The maximum absolute atomic E-state index is 13.3. The standard InChI is InChI=1S/C14H16F2N2S/c1-8(2)13-12(7-17-3)19-14(18-13)9-4-5-10(15)11(16)6-9/h4-6,8,17H,7H2,1-3H3. The molecule has 2 aromatic rings. The van der Waals surface area contributed by atoms with Gasteiger partial charge in [-0.15, -0.1) is 11.3 Å². The Morgan fingerprint density at radius 3 is 2.58 bits per heavy atom. The number of benzene rings is 1. The van der Waals surface area contributed by atoms with Gasteiger partial charge in [-0.3, -0.25) is 0 Å². The summed E-state index contributed by atoms with van der Waals surface area (Å²) in [6.07, 6.45) is 0. The lowest BCUT2D eigenvalue weighted by Gasteiger charge is -2.03. The highest BCUT2D eigenvalue weighted by Crippen LogP contribution is 2.32. The molecule has 0 aliphatic rings. The second-order valence-corrected chi connectivity index (χ2v) is 5.72. The van der Waals surface area contributed by atoms with Crippen LogP contribution in [0.2, 0.25) is 0 Å². The van der Waals surface area contributed by atoms with Crippen molar-refractivity contribution in [3.8, 4) is 10.6 Å². The minimum atomic E-state index is -0.839. The number of aromatic nitrogens is 1. The Morgan fingerprint density at radius 2 is 2.00 bits per heavy atom. The van der Waals surface area contributed by atoms with E-state index in [1.165, 1.54) is 17.4 Å². The van der Waals surface area contributed by atoms with Gasteiger partial charge < -0.3 is 5.32 Å². The number of thiazole rings is 1. The van der Waals surface area contributed by atoms with Crippen LogP contribution >= 0.6 is 11.3 Å². The summed E-state index contributed by atoms with van der Waals surface area (Å²) < 4.78 is 26.2. The number of nitrogens with zero attached hydrogens (tertiary/aromatic N) is 1. The lowest BCUT2D eigenvalue weighted by atomic mass is 10.1. The van der Waals surface area contributed by atoms with Crippen molar-refractivity contribution in [2.45, 2.75) is 26.3 Å². The predicted molar refractivity (Wildman–Crippen MR) is 74.3 cm³/mol. The monoisotopic (exact) mass is 282 g/mol. The first-order valence-electron chi connectivity index (χ1n) is 6.12. The molecule has 19 heavy (non-hydrogen) atoms. The minimum absolute atomic E-state index is 0.304. The van der Waals surface area contributed by atoms with E-state index >= 15 is 0 Å². The fraction of sp³-hybridized carbons (Fsp3) is 0.357. The van der Waals surface area contributed by atoms with Gasteiger partial charge in [-0.2, -0.15) is 0 Å². The molecule has 0 saturated heterocycles. The average Bonchev–Trinajstić information content (AvgIpc) is 2.77. The first kappa shape index (κ1) is 14.1. The molecule has 0 aliphatic carbocycles. The Labute approximate surface area is 115 Å². The molecule has 0 aliphatic heterocycles. The molecular weight excluding hydrogens is 266 g/mol. The zero-order valence-corrected chi connectivity index (χ0v) is 11.9. The van der Waals surface area contributed by atoms with Crippen molar-refractivity contribution in [3.05, 3.63) is 40.4 Å². The lowest BCUT2D eigenvalue weighted by molar-refractivity contribution is 0.509. The second kappa shape index (κ2) is 5.75. The van der Waals surface area contributed by atoms with E-state index in [9.17, 15) is 8.78 Å². The second-order valence-electron chi connectivity index (χ2n) is 4.64. The molecule has 5 heteroatoms. The zero-order valence-electron chi connectivity index (χ0n) is 11.1. The number of hydrogen-bond acceptors (Lipinski definition) is 3. The zero-order chi connectivity index (χ0) is 14.0. The molecule has 0 unspecified atom stereocenters. The Bertz CT molecular complexity index is 579. The molecule has 0 atom stereocenters. The van der Waals surface area contributed by atoms with Gasteiger partial charge in [-0.1, -0.05) is 13.8 Å². The van der Waals surface area contributed by atoms with E-state index in [1.807, 2.05) is 7.05 Å². The molecule has 2 nitrogen and oxygen atoms in total. The number of hydrogen-bond donors (Lipinski definition) is 1. The summed E-state index contributed by atoms with van der Waals surface area (Å²) in [6.45, 7) is 4.88. The Kier molecular flexibility index (Phi) is 4.27. The van der Waals surface area contributed by atoms with Crippen molar-refractivity contribution in [2.75, 3.05) is 7.05 Å². The van der Waals surface area contributed by atoms with E-state index in [2.05, 4.69) is 24.1 Å². The molecule has 0 spiro atoms. The summed E-state index contributed by atoms with van der Waals surface area (Å²) in [5.41, 5.74) is 1.63. The van der Waals surface area contributed by atoms with E-state index < -0.39 is 11.6 Å². The average molecular weight is 282 g/mol. The molecule has 2 rings (SSSR count). The van der Waals surface area contributed by atoms with E-state index in [0.717, 1.165) is 28.2 Å². The van der Waals surface area contributed by atoms with Crippen molar-refractivity contribution in [1.29, 1.82) is 0 Å². The molecule has 0 radical (unpaired) electrons. The summed E-state index contributed by atoms with van der Waals surface area (Å²) >= 11 is 1.52. The fourth-order valence-electron chi connectivity index (χ4n) is 1.85. The highest BCUT2D eigenvalue weighted by atomic mass is 32.1. The molecule has 1 heterocycles. The molecule has 0 fully saturated rings. The highest BCUT2D eigenvalue weighted by molar-refractivity contribution is 7.15. The highest BCUT2D eigenvalue weighted by Gasteiger charge is 2.15. The molecule has 1 aromatic heterocycles.